The third-order valence-corrected chi connectivity index (χ3v) is 4.91. The molecule has 7 heteroatoms. The fourth-order valence-electron chi connectivity index (χ4n) is 2.39. The van der Waals surface area contributed by atoms with Gasteiger partial charge in [0.25, 0.3) is 0 Å². The van der Waals surface area contributed by atoms with Crippen molar-refractivity contribution in [2.24, 2.45) is 0 Å². The van der Waals surface area contributed by atoms with Crippen LogP contribution in [0.3, 0.4) is 0 Å². The normalized spacial score (nSPS) is 11.6. The van der Waals surface area contributed by atoms with E-state index in [1.165, 1.54) is 24.3 Å². The summed E-state index contributed by atoms with van der Waals surface area (Å²) < 4.78 is 38.0. The van der Waals surface area contributed by atoms with E-state index < -0.39 is 21.7 Å². The highest BCUT2D eigenvalue weighted by molar-refractivity contribution is 7.88. The second-order valence-electron chi connectivity index (χ2n) is 6.02. The number of benzene rings is 2. The van der Waals surface area contributed by atoms with Gasteiger partial charge in [-0.05, 0) is 43.2 Å². The lowest BCUT2D eigenvalue weighted by molar-refractivity contribution is -0.116. The van der Waals surface area contributed by atoms with Crippen LogP contribution in [0.15, 0.2) is 42.5 Å². The summed E-state index contributed by atoms with van der Waals surface area (Å²) in [6.07, 6.45) is 1.04. The summed E-state index contributed by atoms with van der Waals surface area (Å²) in [7, 11) is -3.60. The number of carbonyl (C=O) groups excluding carboxylic acids is 1. The summed E-state index contributed by atoms with van der Waals surface area (Å²) in [5.41, 5.74) is 3.22. The average Bonchev–Trinajstić information content (AvgIpc) is 2.50. The molecule has 0 fully saturated rings. The van der Waals surface area contributed by atoms with E-state index in [1.54, 1.807) is 6.07 Å². The summed E-state index contributed by atoms with van der Waals surface area (Å²) in [6.45, 7) is 3.51. The lowest BCUT2D eigenvalue weighted by Gasteiger charge is -2.20. The Morgan fingerprint density at radius 3 is 2.32 bits per heavy atom. The van der Waals surface area contributed by atoms with Gasteiger partial charge >= 0.3 is 0 Å². The smallest absolute Gasteiger partial charge is 0.239 e. The Balaban J connectivity index is 2.11. The second-order valence-corrected chi connectivity index (χ2v) is 8.01. The fraction of sp³-hybridized carbons (Fsp3) is 0.278. The summed E-state index contributed by atoms with van der Waals surface area (Å²) in [5.74, 6) is -0.832. The predicted octanol–water partition coefficient (Wildman–Crippen LogP) is 2.84. The molecule has 0 saturated heterocycles. The topological polar surface area (TPSA) is 66.5 Å². The number of halogens is 1. The maximum Gasteiger partial charge on any atom is 0.239 e. The minimum Gasteiger partial charge on any atom is -0.325 e. The first-order valence-electron chi connectivity index (χ1n) is 7.72. The number of hydrogen-bond donors (Lipinski definition) is 1. The Morgan fingerprint density at radius 2 is 1.76 bits per heavy atom. The lowest BCUT2D eigenvalue weighted by atomic mass is 10.1. The van der Waals surface area contributed by atoms with Crippen LogP contribution in [0.1, 0.15) is 16.7 Å². The van der Waals surface area contributed by atoms with Crippen LogP contribution >= 0.6 is 0 Å². The van der Waals surface area contributed by atoms with E-state index in [-0.39, 0.29) is 13.1 Å². The van der Waals surface area contributed by atoms with Crippen molar-refractivity contribution in [2.45, 2.75) is 20.4 Å². The number of nitrogens with one attached hydrogen (secondary N) is 1. The third-order valence-electron chi connectivity index (χ3n) is 3.72. The summed E-state index contributed by atoms with van der Waals surface area (Å²) >= 11 is 0. The molecular formula is C18H21FN2O3S. The Bertz CT molecular complexity index is 864. The molecule has 0 bridgehead atoms. The molecule has 1 amide bonds. The van der Waals surface area contributed by atoms with E-state index in [9.17, 15) is 17.6 Å². The van der Waals surface area contributed by atoms with Crippen LogP contribution in [0, 0.1) is 19.7 Å². The Kier molecular flexibility index (Phi) is 5.92. The van der Waals surface area contributed by atoms with Gasteiger partial charge < -0.3 is 5.32 Å². The quantitative estimate of drug-likeness (QED) is 0.857. The van der Waals surface area contributed by atoms with Crippen molar-refractivity contribution in [1.29, 1.82) is 0 Å². The maximum atomic E-state index is 13.0. The SMILES string of the molecule is Cc1ccc(NC(=O)CN(Cc2ccc(F)cc2)S(C)(=O)=O)c(C)c1. The number of hydrogen-bond acceptors (Lipinski definition) is 3. The zero-order valence-electron chi connectivity index (χ0n) is 14.4. The zero-order chi connectivity index (χ0) is 18.6. The summed E-state index contributed by atoms with van der Waals surface area (Å²) in [5, 5.41) is 2.73. The average molecular weight is 364 g/mol. The molecule has 2 rings (SSSR count). The number of sulfonamides is 1. The van der Waals surface area contributed by atoms with Gasteiger partial charge in [-0.1, -0.05) is 29.8 Å². The number of carbonyl (C=O) groups is 1. The van der Waals surface area contributed by atoms with Crippen molar-refractivity contribution in [2.75, 3.05) is 18.1 Å². The van der Waals surface area contributed by atoms with Crippen LogP contribution in [0.5, 0.6) is 0 Å². The zero-order valence-corrected chi connectivity index (χ0v) is 15.2. The number of nitrogens with zero attached hydrogens (tertiary/aromatic N) is 1. The first-order chi connectivity index (χ1) is 11.6. The van der Waals surface area contributed by atoms with Gasteiger partial charge in [-0.2, -0.15) is 4.31 Å². The molecule has 0 unspecified atom stereocenters. The van der Waals surface area contributed by atoms with Gasteiger partial charge in [0.15, 0.2) is 0 Å². The van der Waals surface area contributed by atoms with E-state index in [0.717, 1.165) is 21.7 Å². The maximum absolute atomic E-state index is 13.0. The molecule has 0 aliphatic carbocycles. The van der Waals surface area contributed by atoms with Crippen LogP contribution in [0.2, 0.25) is 0 Å². The van der Waals surface area contributed by atoms with Gasteiger partial charge in [0.05, 0.1) is 12.8 Å². The summed E-state index contributed by atoms with van der Waals surface area (Å²) in [4.78, 5) is 12.3. The minimum atomic E-state index is -3.60. The molecule has 2 aromatic carbocycles. The first-order valence-corrected chi connectivity index (χ1v) is 9.56. The van der Waals surface area contributed by atoms with Gasteiger partial charge in [-0.15, -0.1) is 0 Å². The standard InChI is InChI=1S/C18H21FN2O3S/c1-13-4-9-17(14(2)10-13)20-18(22)12-21(25(3,23)24)11-15-5-7-16(19)8-6-15/h4-10H,11-12H2,1-3H3,(H,20,22). The number of amides is 1. The monoisotopic (exact) mass is 364 g/mol. The minimum absolute atomic E-state index is 0.000582. The Hall–Kier alpha value is -2.25. The van der Waals surface area contributed by atoms with Crippen molar-refractivity contribution in [3.05, 3.63) is 65.0 Å². The highest BCUT2D eigenvalue weighted by Crippen LogP contribution is 2.16. The molecule has 2 aromatic rings. The third kappa shape index (κ3) is 5.65. The Morgan fingerprint density at radius 1 is 1.12 bits per heavy atom. The van der Waals surface area contributed by atoms with Crippen LogP contribution in [0.25, 0.3) is 0 Å². The van der Waals surface area contributed by atoms with E-state index in [1.807, 2.05) is 26.0 Å². The van der Waals surface area contributed by atoms with Crippen molar-refractivity contribution in [3.63, 3.8) is 0 Å². The molecule has 5 nitrogen and oxygen atoms in total. The van der Waals surface area contributed by atoms with Gasteiger partial charge in [0, 0.05) is 12.2 Å². The van der Waals surface area contributed by atoms with Crippen molar-refractivity contribution in [1.82, 2.24) is 4.31 Å². The number of aryl methyl sites for hydroxylation is 2. The van der Waals surface area contributed by atoms with Crippen LogP contribution < -0.4 is 5.32 Å². The molecule has 0 saturated carbocycles. The van der Waals surface area contributed by atoms with Crippen LogP contribution in [-0.4, -0.2) is 31.4 Å². The molecular weight excluding hydrogens is 343 g/mol. The molecule has 1 N–H and O–H groups in total. The molecule has 0 aromatic heterocycles. The molecule has 0 heterocycles. The van der Waals surface area contributed by atoms with Gasteiger partial charge in [-0.3, -0.25) is 4.79 Å². The fourth-order valence-corrected chi connectivity index (χ4v) is 3.12. The van der Waals surface area contributed by atoms with E-state index in [4.69, 9.17) is 0 Å². The van der Waals surface area contributed by atoms with E-state index >= 15 is 0 Å². The molecule has 0 aliphatic rings. The van der Waals surface area contributed by atoms with Gasteiger partial charge in [0.1, 0.15) is 5.82 Å². The highest BCUT2D eigenvalue weighted by Gasteiger charge is 2.21. The molecule has 25 heavy (non-hydrogen) atoms. The number of rotatable bonds is 6. The van der Waals surface area contributed by atoms with E-state index in [2.05, 4.69) is 5.32 Å². The lowest BCUT2D eigenvalue weighted by Crippen LogP contribution is -2.37. The molecule has 0 atom stereocenters. The summed E-state index contributed by atoms with van der Waals surface area (Å²) in [6, 6.07) is 11.1. The molecule has 0 radical (unpaired) electrons. The van der Waals surface area contributed by atoms with Crippen LogP contribution in [0.4, 0.5) is 10.1 Å². The van der Waals surface area contributed by atoms with Crippen LogP contribution in [-0.2, 0) is 21.4 Å². The second kappa shape index (κ2) is 7.76. The van der Waals surface area contributed by atoms with Crippen molar-refractivity contribution in [3.8, 4) is 0 Å². The first kappa shape index (κ1) is 19.1. The number of anilines is 1. The largest absolute Gasteiger partial charge is 0.325 e. The van der Waals surface area contributed by atoms with E-state index in [0.29, 0.717) is 11.3 Å². The predicted molar refractivity (Wildman–Crippen MR) is 96.2 cm³/mol. The van der Waals surface area contributed by atoms with Crippen molar-refractivity contribution < 1.29 is 17.6 Å². The highest BCUT2D eigenvalue weighted by atomic mass is 32.2. The molecule has 134 valence electrons. The van der Waals surface area contributed by atoms with Gasteiger partial charge in [0.2, 0.25) is 15.9 Å². The van der Waals surface area contributed by atoms with Crippen molar-refractivity contribution >= 4 is 21.6 Å². The molecule has 0 spiro atoms. The Labute approximate surface area is 147 Å². The van der Waals surface area contributed by atoms with Gasteiger partial charge in [-0.25, -0.2) is 12.8 Å². The molecule has 0 aliphatic heterocycles.